The zero-order valence-electron chi connectivity index (χ0n) is 8.85. The molecule has 0 aliphatic heterocycles. The Bertz CT molecular complexity index is 468. The van der Waals surface area contributed by atoms with Gasteiger partial charge in [0.25, 0.3) is 0 Å². The SMILES string of the molecule is COc1cncc([CH]c2ccc(F)cc2)c1. The molecular weight excluding hydrogens is 205 g/mol. The van der Waals surface area contributed by atoms with Crippen LogP contribution < -0.4 is 4.74 Å². The largest absolute Gasteiger partial charge is 0.495 e. The lowest BCUT2D eigenvalue weighted by atomic mass is 10.1. The topological polar surface area (TPSA) is 22.1 Å². The van der Waals surface area contributed by atoms with Gasteiger partial charge >= 0.3 is 0 Å². The van der Waals surface area contributed by atoms with Gasteiger partial charge in [-0.1, -0.05) is 12.1 Å². The number of ether oxygens (including phenoxy) is 1. The zero-order valence-corrected chi connectivity index (χ0v) is 8.85. The van der Waals surface area contributed by atoms with Crippen molar-refractivity contribution in [3.63, 3.8) is 0 Å². The van der Waals surface area contributed by atoms with Crippen LogP contribution in [0.25, 0.3) is 0 Å². The van der Waals surface area contributed by atoms with Crippen molar-refractivity contribution in [2.45, 2.75) is 0 Å². The number of hydrogen-bond acceptors (Lipinski definition) is 2. The molecule has 2 rings (SSSR count). The highest BCUT2D eigenvalue weighted by molar-refractivity contribution is 5.38. The summed E-state index contributed by atoms with van der Waals surface area (Å²) in [6, 6.07) is 8.17. The van der Waals surface area contributed by atoms with Crippen molar-refractivity contribution in [3.05, 3.63) is 66.1 Å². The normalized spacial score (nSPS) is 10.1. The first kappa shape index (κ1) is 10.6. The van der Waals surface area contributed by atoms with Crippen LogP contribution in [0.2, 0.25) is 0 Å². The molecule has 0 amide bonds. The second-order valence-corrected chi connectivity index (χ2v) is 3.35. The van der Waals surface area contributed by atoms with E-state index >= 15 is 0 Å². The number of pyridine rings is 1. The minimum Gasteiger partial charge on any atom is -0.495 e. The summed E-state index contributed by atoms with van der Waals surface area (Å²) in [5.74, 6) is 0.469. The maximum Gasteiger partial charge on any atom is 0.137 e. The van der Waals surface area contributed by atoms with Crippen LogP contribution >= 0.6 is 0 Å². The van der Waals surface area contributed by atoms with Crippen molar-refractivity contribution in [2.75, 3.05) is 7.11 Å². The van der Waals surface area contributed by atoms with Crippen molar-refractivity contribution in [2.24, 2.45) is 0 Å². The molecule has 3 heteroatoms. The number of hydrogen-bond donors (Lipinski definition) is 0. The molecule has 1 heterocycles. The summed E-state index contributed by atoms with van der Waals surface area (Å²) in [7, 11) is 1.60. The highest BCUT2D eigenvalue weighted by Gasteiger charge is 2.00. The standard InChI is InChI=1S/C13H11FNO/c1-16-13-7-11(8-15-9-13)6-10-2-4-12(14)5-3-10/h2-9H,1H3. The minimum atomic E-state index is -0.235. The Morgan fingerprint density at radius 3 is 2.56 bits per heavy atom. The predicted octanol–water partition coefficient (Wildman–Crippen LogP) is 2.83. The third-order valence-electron chi connectivity index (χ3n) is 2.17. The summed E-state index contributed by atoms with van der Waals surface area (Å²) in [6.07, 6.45) is 5.28. The van der Waals surface area contributed by atoms with E-state index in [1.54, 1.807) is 31.6 Å². The Balaban J connectivity index is 2.16. The average Bonchev–Trinajstić information content (AvgIpc) is 2.32. The van der Waals surface area contributed by atoms with Gasteiger partial charge in [-0.2, -0.15) is 0 Å². The maximum absolute atomic E-state index is 12.7. The molecule has 0 N–H and O–H groups in total. The van der Waals surface area contributed by atoms with Crippen molar-refractivity contribution in [3.8, 4) is 5.75 Å². The molecule has 0 saturated heterocycles. The highest BCUT2D eigenvalue weighted by Crippen LogP contribution is 2.16. The van der Waals surface area contributed by atoms with Gasteiger partial charge in [-0.25, -0.2) is 4.39 Å². The van der Waals surface area contributed by atoms with Gasteiger partial charge in [-0.3, -0.25) is 4.98 Å². The molecule has 0 atom stereocenters. The fourth-order valence-electron chi connectivity index (χ4n) is 1.38. The average molecular weight is 216 g/mol. The number of benzene rings is 1. The summed E-state index contributed by atoms with van der Waals surface area (Å²) in [5.41, 5.74) is 1.85. The van der Waals surface area contributed by atoms with Crippen LogP contribution in [0, 0.1) is 12.2 Å². The van der Waals surface area contributed by atoms with Crippen LogP contribution in [-0.4, -0.2) is 12.1 Å². The molecular formula is C13H11FNO. The lowest BCUT2D eigenvalue weighted by Gasteiger charge is -2.03. The second kappa shape index (κ2) is 4.75. The van der Waals surface area contributed by atoms with Crippen molar-refractivity contribution in [1.82, 2.24) is 4.98 Å². The molecule has 0 saturated carbocycles. The summed E-state index contributed by atoms with van der Waals surface area (Å²) in [6.45, 7) is 0. The van der Waals surface area contributed by atoms with E-state index in [2.05, 4.69) is 4.98 Å². The van der Waals surface area contributed by atoms with Crippen LogP contribution in [0.1, 0.15) is 11.1 Å². The fraction of sp³-hybridized carbons (Fsp3) is 0.0769. The van der Waals surface area contributed by atoms with E-state index in [-0.39, 0.29) is 5.82 Å². The van der Waals surface area contributed by atoms with Gasteiger partial charge in [-0.05, 0) is 29.3 Å². The van der Waals surface area contributed by atoms with E-state index in [1.165, 1.54) is 12.1 Å². The van der Waals surface area contributed by atoms with E-state index < -0.39 is 0 Å². The van der Waals surface area contributed by atoms with Crippen LogP contribution in [0.5, 0.6) is 5.75 Å². The maximum atomic E-state index is 12.7. The first-order chi connectivity index (χ1) is 7.78. The minimum absolute atomic E-state index is 0.235. The highest BCUT2D eigenvalue weighted by atomic mass is 19.1. The third-order valence-corrected chi connectivity index (χ3v) is 2.17. The van der Waals surface area contributed by atoms with Crippen LogP contribution in [0.4, 0.5) is 4.39 Å². The van der Waals surface area contributed by atoms with Gasteiger partial charge in [0.2, 0.25) is 0 Å². The molecule has 0 unspecified atom stereocenters. The molecule has 16 heavy (non-hydrogen) atoms. The number of nitrogens with zero attached hydrogens (tertiary/aromatic N) is 1. The number of methoxy groups -OCH3 is 1. The summed E-state index contributed by atoms with van der Waals surface area (Å²) >= 11 is 0. The molecule has 0 spiro atoms. The van der Waals surface area contributed by atoms with E-state index in [0.717, 1.165) is 11.1 Å². The van der Waals surface area contributed by atoms with E-state index in [1.807, 2.05) is 12.5 Å². The van der Waals surface area contributed by atoms with Gasteiger partial charge in [-0.15, -0.1) is 0 Å². The Morgan fingerprint density at radius 2 is 1.88 bits per heavy atom. The third kappa shape index (κ3) is 2.57. The van der Waals surface area contributed by atoms with Gasteiger partial charge < -0.3 is 4.74 Å². The molecule has 1 aromatic carbocycles. The summed E-state index contributed by atoms with van der Waals surface area (Å²) < 4.78 is 17.8. The van der Waals surface area contributed by atoms with Gasteiger partial charge in [0, 0.05) is 12.6 Å². The van der Waals surface area contributed by atoms with Crippen molar-refractivity contribution < 1.29 is 9.13 Å². The van der Waals surface area contributed by atoms with Crippen LogP contribution in [0.3, 0.4) is 0 Å². The van der Waals surface area contributed by atoms with Crippen LogP contribution in [-0.2, 0) is 0 Å². The number of halogens is 1. The monoisotopic (exact) mass is 216 g/mol. The first-order valence-corrected chi connectivity index (χ1v) is 4.87. The molecule has 0 aliphatic rings. The molecule has 81 valence electrons. The zero-order chi connectivity index (χ0) is 11.4. The fourth-order valence-corrected chi connectivity index (χ4v) is 1.38. The molecule has 2 aromatic rings. The molecule has 0 aliphatic carbocycles. The quantitative estimate of drug-likeness (QED) is 0.787. The Kier molecular flexibility index (Phi) is 3.15. The van der Waals surface area contributed by atoms with E-state index in [9.17, 15) is 4.39 Å². The van der Waals surface area contributed by atoms with Crippen LogP contribution in [0.15, 0.2) is 42.7 Å². The van der Waals surface area contributed by atoms with E-state index in [0.29, 0.717) is 5.75 Å². The molecule has 1 radical (unpaired) electrons. The first-order valence-electron chi connectivity index (χ1n) is 4.87. The smallest absolute Gasteiger partial charge is 0.137 e. The number of aromatic nitrogens is 1. The summed E-state index contributed by atoms with van der Waals surface area (Å²) in [5, 5.41) is 0. The molecule has 0 fully saturated rings. The van der Waals surface area contributed by atoms with E-state index in [4.69, 9.17) is 4.74 Å². The molecule has 1 aromatic heterocycles. The van der Waals surface area contributed by atoms with Crippen molar-refractivity contribution in [1.29, 1.82) is 0 Å². The van der Waals surface area contributed by atoms with Gasteiger partial charge in [0.05, 0.1) is 13.3 Å². The van der Waals surface area contributed by atoms with Gasteiger partial charge in [0.1, 0.15) is 11.6 Å². The Morgan fingerprint density at radius 1 is 1.12 bits per heavy atom. The predicted molar refractivity (Wildman–Crippen MR) is 59.7 cm³/mol. The Labute approximate surface area is 93.7 Å². The lowest BCUT2D eigenvalue weighted by Crippen LogP contribution is -1.89. The molecule has 2 nitrogen and oxygen atoms in total. The summed E-state index contributed by atoms with van der Waals surface area (Å²) in [4.78, 5) is 4.04. The number of rotatable bonds is 3. The second-order valence-electron chi connectivity index (χ2n) is 3.35. The Hall–Kier alpha value is -1.90. The lowest BCUT2D eigenvalue weighted by molar-refractivity contribution is 0.412. The van der Waals surface area contributed by atoms with Gasteiger partial charge in [0.15, 0.2) is 0 Å². The molecule has 0 bridgehead atoms. The van der Waals surface area contributed by atoms with Crippen molar-refractivity contribution >= 4 is 0 Å².